The van der Waals surface area contributed by atoms with Crippen LogP contribution in [0.5, 0.6) is 0 Å². The van der Waals surface area contributed by atoms with E-state index in [4.69, 9.17) is 11.6 Å². The summed E-state index contributed by atoms with van der Waals surface area (Å²) in [6.45, 7) is 8.71. The molecule has 0 bridgehead atoms. The highest BCUT2D eigenvalue weighted by Crippen LogP contribution is 2.29. The summed E-state index contributed by atoms with van der Waals surface area (Å²) in [7, 11) is 0. The molecule has 1 aromatic heterocycles. The maximum absolute atomic E-state index is 6.25. The molecule has 0 radical (unpaired) electrons. The lowest BCUT2D eigenvalue weighted by Gasteiger charge is -2.21. The molecule has 1 aromatic carbocycles. The lowest BCUT2D eigenvalue weighted by molar-refractivity contribution is 0.494. The molecule has 0 aliphatic carbocycles. The zero-order chi connectivity index (χ0) is 14.0. The molecule has 1 heterocycles. The van der Waals surface area contributed by atoms with Gasteiger partial charge in [-0.25, -0.2) is 0 Å². The van der Waals surface area contributed by atoms with Crippen LogP contribution in [-0.4, -0.2) is 0 Å². The van der Waals surface area contributed by atoms with Gasteiger partial charge in [0.25, 0.3) is 0 Å². The Balaban J connectivity index is 2.13. The van der Waals surface area contributed by atoms with Gasteiger partial charge in [0.05, 0.1) is 0 Å². The molecular formula is C16H20ClNS. The topological polar surface area (TPSA) is 12.0 Å². The number of benzene rings is 1. The third-order valence-corrected chi connectivity index (χ3v) is 4.74. The first-order valence-corrected chi connectivity index (χ1v) is 7.76. The third kappa shape index (κ3) is 3.38. The predicted molar refractivity (Wildman–Crippen MR) is 85.2 cm³/mol. The summed E-state index contributed by atoms with van der Waals surface area (Å²) in [5.41, 5.74) is 2.54. The SMILES string of the molecule is Cc1cc(C(C)N[C@H](C)c2ccccc2Cl)c(C)s1. The minimum Gasteiger partial charge on any atom is -0.304 e. The molecule has 1 N–H and O–H groups in total. The lowest BCUT2D eigenvalue weighted by atomic mass is 10.0. The Morgan fingerprint density at radius 1 is 1.05 bits per heavy atom. The Labute approximate surface area is 124 Å². The second-order valence-corrected chi connectivity index (χ2v) is 6.87. The van der Waals surface area contributed by atoms with E-state index < -0.39 is 0 Å². The Bertz CT molecular complexity index is 562. The molecule has 2 atom stereocenters. The number of nitrogens with one attached hydrogen (secondary N) is 1. The summed E-state index contributed by atoms with van der Waals surface area (Å²) in [6.07, 6.45) is 0. The van der Waals surface area contributed by atoms with Crippen molar-refractivity contribution in [2.45, 2.75) is 39.8 Å². The second kappa shape index (κ2) is 6.08. The molecule has 0 saturated heterocycles. The lowest BCUT2D eigenvalue weighted by Crippen LogP contribution is -2.22. The number of halogens is 1. The fraction of sp³-hybridized carbons (Fsp3) is 0.375. The van der Waals surface area contributed by atoms with Crippen LogP contribution in [0.25, 0.3) is 0 Å². The molecule has 0 aliphatic heterocycles. The quantitative estimate of drug-likeness (QED) is 0.792. The van der Waals surface area contributed by atoms with Crippen molar-refractivity contribution in [2.24, 2.45) is 0 Å². The highest BCUT2D eigenvalue weighted by molar-refractivity contribution is 7.12. The average molecular weight is 294 g/mol. The van der Waals surface area contributed by atoms with E-state index in [9.17, 15) is 0 Å². The minimum atomic E-state index is 0.239. The number of thiophene rings is 1. The van der Waals surface area contributed by atoms with Crippen LogP contribution in [0, 0.1) is 13.8 Å². The molecule has 0 amide bonds. The fourth-order valence-corrected chi connectivity index (χ4v) is 3.78. The van der Waals surface area contributed by atoms with Crippen LogP contribution in [0.2, 0.25) is 5.02 Å². The molecular weight excluding hydrogens is 274 g/mol. The van der Waals surface area contributed by atoms with Crippen molar-refractivity contribution in [3.05, 3.63) is 56.2 Å². The van der Waals surface area contributed by atoms with Gasteiger partial charge in [0.2, 0.25) is 0 Å². The molecule has 102 valence electrons. The Kier molecular flexibility index (Phi) is 4.67. The van der Waals surface area contributed by atoms with E-state index in [-0.39, 0.29) is 6.04 Å². The van der Waals surface area contributed by atoms with Gasteiger partial charge in [-0.1, -0.05) is 29.8 Å². The summed E-state index contributed by atoms with van der Waals surface area (Å²) >= 11 is 8.10. The molecule has 19 heavy (non-hydrogen) atoms. The van der Waals surface area contributed by atoms with Crippen molar-refractivity contribution in [1.82, 2.24) is 5.32 Å². The maximum Gasteiger partial charge on any atom is 0.0453 e. The predicted octanol–water partition coefficient (Wildman–Crippen LogP) is 5.43. The van der Waals surface area contributed by atoms with Crippen molar-refractivity contribution in [1.29, 1.82) is 0 Å². The van der Waals surface area contributed by atoms with Crippen molar-refractivity contribution in [3.63, 3.8) is 0 Å². The summed E-state index contributed by atoms with van der Waals surface area (Å²) in [5.74, 6) is 0. The van der Waals surface area contributed by atoms with Gasteiger partial charge in [-0.15, -0.1) is 11.3 Å². The van der Waals surface area contributed by atoms with Crippen LogP contribution in [0.1, 0.15) is 46.8 Å². The molecule has 3 heteroatoms. The monoisotopic (exact) mass is 293 g/mol. The van der Waals surface area contributed by atoms with E-state index in [0.717, 1.165) is 10.6 Å². The van der Waals surface area contributed by atoms with Crippen LogP contribution in [-0.2, 0) is 0 Å². The van der Waals surface area contributed by atoms with Gasteiger partial charge in [-0.3, -0.25) is 0 Å². The normalized spacial score (nSPS) is 14.4. The van der Waals surface area contributed by atoms with E-state index in [2.05, 4.69) is 45.1 Å². The highest BCUT2D eigenvalue weighted by atomic mass is 35.5. The molecule has 0 saturated carbocycles. The largest absolute Gasteiger partial charge is 0.304 e. The first kappa shape index (κ1) is 14.6. The number of hydrogen-bond acceptors (Lipinski definition) is 2. The average Bonchev–Trinajstić information content (AvgIpc) is 2.69. The van der Waals surface area contributed by atoms with E-state index in [1.54, 1.807) is 0 Å². The fourth-order valence-electron chi connectivity index (χ4n) is 2.46. The van der Waals surface area contributed by atoms with Crippen LogP contribution < -0.4 is 5.32 Å². The van der Waals surface area contributed by atoms with E-state index in [1.807, 2.05) is 29.5 Å². The highest BCUT2D eigenvalue weighted by Gasteiger charge is 2.15. The number of hydrogen-bond donors (Lipinski definition) is 1. The Morgan fingerprint density at radius 3 is 2.26 bits per heavy atom. The zero-order valence-electron chi connectivity index (χ0n) is 11.8. The van der Waals surface area contributed by atoms with Crippen LogP contribution in [0.3, 0.4) is 0 Å². The second-order valence-electron chi connectivity index (χ2n) is 5.00. The molecule has 2 rings (SSSR count). The molecule has 1 nitrogen and oxygen atoms in total. The summed E-state index contributed by atoms with van der Waals surface area (Å²) < 4.78 is 0. The standard InChI is InChI=1S/C16H20ClNS/c1-10-9-15(13(4)19-10)12(3)18-11(2)14-7-5-6-8-16(14)17/h5-9,11-12,18H,1-4H3/t11-,12?/m1/s1. The van der Waals surface area contributed by atoms with Crippen LogP contribution in [0.4, 0.5) is 0 Å². The van der Waals surface area contributed by atoms with Crippen molar-refractivity contribution < 1.29 is 0 Å². The summed E-state index contributed by atoms with van der Waals surface area (Å²) in [5, 5.41) is 4.46. The van der Waals surface area contributed by atoms with Crippen molar-refractivity contribution >= 4 is 22.9 Å². The summed E-state index contributed by atoms with van der Waals surface area (Å²) in [6, 6.07) is 10.9. The minimum absolute atomic E-state index is 0.239. The molecule has 1 unspecified atom stereocenters. The molecule has 0 aliphatic rings. The maximum atomic E-state index is 6.25. The van der Waals surface area contributed by atoms with Gasteiger partial charge in [0, 0.05) is 26.9 Å². The smallest absolute Gasteiger partial charge is 0.0453 e. The molecule has 0 spiro atoms. The van der Waals surface area contributed by atoms with Gasteiger partial charge in [0.15, 0.2) is 0 Å². The van der Waals surface area contributed by atoms with Gasteiger partial charge in [-0.05, 0) is 51.0 Å². The van der Waals surface area contributed by atoms with E-state index >= 15 is 0 Å². The van der Waals surface area contributed by atoms with Gasteiger partial charge >= 0.3 is 0 Å². The van der Waals surface area contributed by atoms with E-state index in [0.29, 0.717) is 6.04 Å². The Hall–Kier alpha value is -0.830. The Morgan fingerprint density at radius 2 is 1.68 bits per heavy atom. The third-order valence-electron chi connectivity index (χ3n) is 3.42. The van der Waals surface area contributed by atoms with Crippen molar-refractivity contribution in [2.75, 3.05) is 0 Å². The first-order chi connectivity index (χ1) is 8.99. The molecule has 2 aromatic rings. The van der Waals surface area contributed by atoms with Gasteiger partial charge in [-0.2, -0.15) is 0 Å². The van der Waals surface area contributed by atoms with E-state index in [1.165, 1.54) is 15.3 Å². The number of rotatable bonds is 4. The molecule has 0 fully saturated rings. The first-order valence-electron chi connectivity index (χ1n) is 6.56. The zero-order valence-corrected chi connectivity index (χ0v) is 13.4. The van der Waals surface area contributed by atoms with Crippen LogP contribution in [0.15, 0.2) is 30.3 Å². The number of aryl methyl sites for hydroxylation is 2. The van der Waals surface area contributed by atoms with Gasteiger partial charge < -0.3 is 5.32 Å². The van der Waals surface area contributed by atoms with Gasteiger partial charge in [0.1, 0.15) is 0 Å². The summed E-state index contributed by atoms with van der Waals surface area (Å²) in [4.78, 5) is 2.76. The van der Waals surface area contributed by atoms with Crippen molar-refractivity contribution in [3.8, 4) is 0 Å². The van der Waals surface area contributed by atoms with Crippen LogP contribution >= 0.6 is 22.9 Å².